The number of nitrogen functional groups attached to an aromatic ring is 1. The highest BCUT2D eigenvalue weighted by atomic mass is 16.1. The molecule has 3 nitrogen and oxygen atoms in total. The van der Waals surface area contributed by atoms with Gasteiger partial charge in [0.05, 0.1) is 0 Å². The van der Waals surface area contributed by atoms with Crippen molar-refractivity contribution >= 4 is 11.6 Å². The SMILES string of the molecule is CCc1ccc(C(=O)Cc2cccnc2N)cc1. The summed E-state index contributed by atoms with van der Waals surface area (Å²) in [6.07, 6.45) is 2.90. The molecule has 1 heterocycles. The van der Waals surface area contributed by atoms with Crippen LogP contribution in [0.4, 0.5) is 5.82 Å². The zero-order chi connectivity index (χ0) is 13.0. The molecule has 92 valence electrons. The molecule has 0 amide bonds. The topological polar surface area (TPSA) is 56.0 Å². The molecule has 0 bridgehead atoms. The minimum atomic E-state index is 0.0670. The van der Waals surface area contributed by atoms with Gasteiger partial charge in [0, 0.05) is 23.7 Å². The smallest absolute Gasteiger partial charge is 0.167 e. The van der Waals surface area contributed by atoms with E-state index in [1.807, 2.05) is 30.3 Å². The first kappa shape index (κ1) is 12.3. The zero-order valence-corrected chi connectivity index (χ0v) is 10.4. The van der Waals surface area contributed by atoms with Crippen molar-refractivity contribution in [3.8, 4) is 0 Å². The molecule has 2 rings (SSSR count). The van der Waals surface area contributed by atoms with E-state index < -0.39 is 0 Å². The third-order valence-corrected chi connectivity index (χ3v) is 2.96. The lowest BCUT2D eigenvalue weighted by Crippen LogP contribution is -2.06. The number of anilines is 1. The molecular formula is C15H16N2O. The number of pyridine rings is 1. The lowest BCUT2D eigenvalue weighted by atomic mass is 10.0. The predicted molar refractivity (Wildman–Crippen MR) is 72.5 cm³/mol. The standard InChI is InChI=1S/C15H16N2O/c1-2-11-5-7-12(8-6-11)14(18)10-13-4-3-9-17-15(13)16/h3-9H,2,10H2,1H3,(H2,16,17). The van der Waals surface area contributed by atoms with Crippen LogP contribution in [-0.4, -0.2) is 10.8 Å². The van der Waals surface area contributed by atoms with Crippen molar-refractivity contribution < 1.29 is 4.79 Å². The van der Waals surface area contributed by atoms with Crippen LogP contribution < -0.4 is 5.73 Å². The summed E-state index contributed by atoms with van der Waals surface area (Å²) in [5, 5.41) is 0. The van der Waals surface area contributed by atoms with Gasteiger partial charge in [0.1, 0.15) is 5.82 Å². The number of hydrogen-bond acceptors (Lipinski definition) is 3. The van der Waals surface area contributed by atoms with Gasteiger partial charge in [-0.1, -0.05) is 37.3 Å². The third kappa shape index (κ3) is 2.74. The molecule has 0 saturated heterocycles. The van der Waals surface area contributed by atoms with Crippen LogP contribution in [0.3, 0.4) is 0 Å². The highest BCUT2D eigenvalue weighted by Crippen LogP contribution is 2.13. The molecule has 0 aliphatic rings. The van der Waals surface area contributed by atoms with E-state index >= 15 is 0 Å². The first-order valence-corrected chi connectivity index (χ1v) is 6.02. The Morgan fingerprint density at radius 3 is 2.56 bits per heavy atom. The van der Waals surface area contributed by atoms with Gasteiger partial charge in [-0.05, 0) is 18.1 Å². The van der Waals surface area contributed by atoms with Gasteiger partial charge < -0.3 is 5.73 Å². The maximum atomic E-state index is 12.1. The number of carbonyl (C=O) groups excluding carboxylic acids is 1. The summed E-state index contributed by atoms with van der Waals surface area (Å²) in [6.45, 7) is 2.09. The summed E-state index contributed by atoms with van der Waals surface area (Å²) in [5.41, 5.74) is 8.46. The Balaban J connectivity index is 2.14. The van der Waals surface area contributed by atoms with E-state index in [-0.39, 0.29) is 5.78 Å². The van der Waals surface area contributed by atoms with Crippen LogP contribution in [0.1, 0.15) is 28.4 Å². The highest BCUT2D eigenvalue weighted by Gasteiger charge is 2.09. The van der Waals surface area contributed by atoms with E-state index in [9.17, 15) is 4.79 Å². The minimum Gasteiger partial charge on any atom is -0.383 e. The Morgan fingerprint density at radius 1 is 1.22 bits per heavy atom. The molecule has 0 saturated carbocycles. The number of rotatable bonds is 4. The average Bonchev–Trinajstić information content (AvgIpc) is 2.41. The molecule has 0 spiro atoms. The summed E-state index contributed by atoms with van der Waals surface area (Å²) in [5.74, 6) is 0.494. The molecule has 0 unspecified atom stereocenters. The van der Waals surface area contributed by atoms with Gasteiger partial charge in [-0.3, -0.25) is 4.79 Å². The van der Waals surface area contributed by atoms with Gasteiger partial charge in [-0.25, -0.2) is 4.98 Å². The summed E-state index contributed by atoms with van der Waals surface area (Å²) in [7, 11) is 0. The van der Waals surface area contributed by atoms with Crippen molar-refractivity contribution in [3.63, 3.8) is 0 Å². The lowest BCUT2D eigenvalue weighted by Gasteiger charge is -2.04. The molecule has 0 aliphatic carbocycles. The Kier molecular flexibility index (Phi) is 3.72. The van der Waals surface area contributed by atoms with E-state index in [0.717, 1.165) is 17.5 Å². The summed E-state index contributed by atoms with van der Waals surface area (Å²) < 4.78 is 0. The van der Waals surface area contributed by atoms with E-state index in [0.29, 0.717) is 12.2 Å². The summed E-state index contributed by atoms with van der Waals surface area (Å²) in [6, 6.07) is 11.3. The molecule has 1 aromatic heterocycles. The van der Waals surface area contributed by atoms with Gasteiger partial charge >= 0.3 is 0 Å². The Morgan fingerprint density at radius 2 is 1.94 bits per heavy atom. The largest absolute Gasteiger partial charge is 0.383 e. The van der Waals surface area contributed by atoms with Crippen molar-refractivity contribution in [2.75, 3.05) is 5.73 Å². The van der Waals surface area contributed by atoms with Crippen LogP contribution in [0.25, 0.3) is 0 Å². The normalized spacial score (nSPS) is 10.3. The number of nitrogens with zero attached hydrogens (tertiary/aromatic N) is 1. The Labute approximate surface area is 107 Å². The van der Waals surface area contributed by atoms with Crippen molar-refractivity contribution in [1.82, 2.24) is 4.98 Å². The number of hydrogen-bond donors (Lipinski definition) is 1. The third-order valence-electron chi connectivity index (χ3n) is 2.96. The summed E-state index contributed by atoms with van der Waals surface area (Å²) >= 11 is 0. The number of Topliss-reactive ketones (excluding diaryl/α,β-unsaturated/α-hetero) is 1. The zero-order valence-electron chi connectivity index (χ0n) is 10.4. The lowest BCUT2D eigenvalue weighted by molar-refractivity contribution is 0.0993. The second-order valence-corrected chi connectivity index (χ2v) is 4.20. The Bertz CT molecular complexity index is 547. The van der Waals surface area contributed by atoms with Crippen molar-refractivity contribution in [3.05, 3.63) is 59.3 Å². The van der Waals surface area contributed by atoms with Gasteiger partial charge in [-0.2, -0.15) is 0 Å². The molecule has 2 aromatic rings. The van der Waals surface area contributed by atoms with Gasteiger partial charge in [-0.15, -0.1) is 0 Å². The number of ketones is 1. The second-order valence-electron chi connectivity index (χ2n) is 4.20. The van der Waals surface area contributed by atoms with Gasteiger partial charge in [0.25, 0.3) is 0 Å². The van der Waals surface area contributed by atoms with Gasteiger partial charge in [0.2, 0.25) is 0 Å². The highest BCUT2D eigenvalue weighted by molar-refractivity contribution is 5.98. The molecule has 2 N–H and O–H groups in total. The first-order valence-electron chi connectivity index (χ1n) is 6.02. The maximum Gasteiger partial charge on any atom is 0.167 e. The molecule has 18 heavy (non-hydrogen) atoms. The van der Waals surface area contributed by atoms with Crippen LogP contribution in [0.2, 0.25) is 0 Å². The van der Waals surface area contributed by atoms with Crippen molar-refractivity contribution in [1.29, 1.82) is 0 Å². The molecule has 0 aliphatic heterocycles. The number of aromatic nitrogens is 1. The van der Waals surface area contributed by atoms with Crippen LogP contribution in [0, 0.1) is 0 Å². The van der Waals surface area contributed by atoms with Crippen molar-refractivity contribution in [2.45, 2.75) is 19.8 Å². The van der Waals surface area contributed by atoms with Crippen LogP contribution in [-0.2, 0) is 12.8 Å². The fraction of sp³-hybridized carbons (Fsp3) is 0.200. The fourth-order valence-corrected chi connectivity index (χ4v) is 1.80. The maximum absolute atomic E-state index is 12.1. The van der Waals surface area contributed by atoms with E-state index in [1.54, 1.807) is 12.3 Å². The second kappa shape index (κ2) is 5.45. The van der Waals surface area contributed by atoms with E-state index in [4.69, 9.17) is 5.73 Å². The first-order chi connectivity index (χ1) is 8.70. The number of carbonyl (C=O) groups is 1. The number of benzene rings is 1. The minimum absolute atomic E-state index is 0.0670. The molecule has 0 fully saturated rings. The molecule has 0 atom stereocenters. The number of aryl methyl sites for hydroxylation is 1. The molecule has 0 radical (unpaired) electrons. The quantitative estimate of drug-likeness (QED) is 0.836. The van der Waals surface area contributed by atoms with Crippen molar-refractivity contribution in [2.24, 2.45) is 0 Å². The molecular weight excluding hydrogens is 224 g/mol. The van der Waals surface area contributed by atoms with E-state index in [1.165, 1.54) is 5.56 Å². The van der Waals surface area contributed by atoms with Crippen LogP contribution >= 0.6 is 0 Å². The van der Waals surface area contributed by atoms with E-state index in [2.05, 4.69) is 11.9 Å². The van der Waals surface area contributed by atoms with Crippen LogP contribution in [0.15, 0.2) is 42.6 Å². The predicted octanol–water partition coefficient (Wildman–Crippen LogP) is 2.65. The Hall–Kier alpha value is -2.16. The molecule has 3 heteroatoms. The summed E-state index contributed by atoms with van der Waals surface area (Å²) in [4.78, 5) is 16.1. The fourth-order valence-electron chi connectivity index (χ4n) is 1.80. The average molecular weight is 240 g/mol. The number of nitrogens with two attached hydrogens (primary N) is 1. The molecule has 1 aromatic carbocycles. The van der Waals surface area contributed by atoms with Crippen LogP contribution in [0.5, 0.6) is 0 Å². The van der Waals surface area contributed by atoms with Gasteiger partial charge in [0.15, 0.2) is 5.78 Å². The monoisotopic (exact) mass is 240 g/mol.